The molecule has 0 saturated heterocycles. The van der Waals surface area contributed by atoms with Crippen molar-refractivity contribution in [1.82, 2.24) is 0 Å². The van der Waals surface area contributed by atoms with E-state index in [1.165, 1.54) is 70.6 Å². The van der Waals surface area contributed by atoms with Crippen LogP contribution in [-0.4, -0.2) is 17.0 Å². The Kier molecular flexibility index (Phi) is 15.6. The van der Waals surface area contributed by atoms with Crippen molar-refractivity contribution in [2.75, 3.05) is 0 Å². The third-order valence-electron chi connectivity index (χ3n) is 4.33. The average Bonchev–Trinajstić information content (AvgIpc) is 2.53. The van der Waals surface area contributed by atoms with Crippen LogP contribution in [0, 0.1) is 5.92 Å². The normalized spacial score (nSPS) is 12.5. The van der Waals surface area contributed by atoms with Gasteiger partial charge in [-0.2, -0.15) is 0 Å². The van der Waals surface area contributed by atoms with Crippen LogP contribution in [0.4, 0.5) is 0 Å². The van der Waals surface area contributed by atoms with Gasteiger partial charge in [-0.3, -0.25) is 9.59 Å². The zero-order chi connectivity index (χ0) is 18.0. The first-order valence-electron chi connectivity index (χ1n) is 9.75. The molecule has 0 rings (SSSR count). The SMILES string of the molecule is CCCCCCCCCCCCCC/C=C/C(CC(N)=O)C(=O)O. The number of amides is 1. The van der Waals surface area contributed by atoms with Gasteiger partial charge in [-0.25, -0.2) is 0 Å². The fourth-order valence-electron chi connectivity index (χ4n) is 2.82. The highest BCUT2D eigenvalue weighted by molar-refractivity contribution is 5.82. The van der Waals surface area contributed by atoms with Crippen LogP contribution in [0.3, 0.4) is 0 Å². The number of hydrogen-bond acceptors (Lipinski definition) is 2. The topological polar surface area (TPSA) is 80.4 Å². The summed E-state index contributed by atoms with van der Waals surface area (Å²) < 4.78 is 0. The number of allylic oxidation sites excluding steroid dienone is 1. The fraction of sp³-hybridized carbons (Fsp3) is 0.800. The van der Waals surface area contributed by atoms with Gasteiger partial charge in [0, 0.05) is 6.42 Å². The van der Waals surface area contributed by atoms with Crippen molar-refractivity contribution >= 4 is 11.9 Å². The van der Waals surface area contributed by atoms with E-state index in [-0.39, 0.29) is 6.42 Å². The molecule has 0 aliphatic carbocycles. The van der Waals surface area contributed by atoms with E-state index < -0.39 is 17.8 Å². The largest absolute Gasteiger partial charge is 0.481 e. The van der Waals surface area contributed by atoms with Gasteiger partial charge in [-0.1, -0.05) is 89.7 Å². The molecule has 0 aliphatic rings. The summed E-state index contributed by atoms with van der Waals surface area (Å²) >= 11 is 0. The number of unbranched alkanes of at least 4 members (excludes halogenated alkanes) is 12. The van der Waals surface area contributed by atoms with E-state index in [9.17, 15) is 9.59 Å². The number of nitrogens with two attached hydrogens (primary N) is 1. The molecule has 0 aliphatic heterocycles. The molecule has 1 amide bonds. The predicted octanol–water partition coefficient (Wildman–Crippen LogP) is 5.21. The van der Waals surface area contributed by atoms with Crippen LogP contribution in [0.5, 0.6) is 0 Å². The summed E-state index contributed by atoms with van der Waals surface area (Å²) in [6, 6.07) is 0. The first-order chi connectivity index (χ1) is 11.6. The molecule has 1 atom stereocenters. The maximum Gasteiger partial charge on any atom is 0.310 e. The summed E-state index contributed by atoms with van der Waals surface area (Å²) in [7, 11) is 0. The van der Waals surface area contributed by atoms with Crippen LogP contribution >= 0.6 is 0 Å². The Morgan fingerprint density at radius 2 is 1.33 bits per heavy atom. The van der Waals surface area contributed by atoms with Gasteiger partial charge in [-0.15, -0.1) is 0 Å². The number of aliphatic carboxylic acids is 1. The number of carbonyl (C=O) groups excluding carboxylic acids is 1. The van der Waals surface area contributed by atoms with Gasteiger partial charge in [0.25, 0.3) is 0 Å². The van der Waals surface area contributed by atoms with Gasteiger partial charge >= 0.3 is 5.97 Å². The Morgan fingerprint density at radius 1 is 0.875 bits per heavy atom. The molecule has 3 N–H and O–H groups in total. The maximum atomic E-state index is 10.9. The molecular weight excluding hydrogens is 302 g/mol. The standard InChI is InChI=1S/C20H37NO3/c1-2-3-4-5-6-7-8-9-10-11-12-13-14-15-16-18(20(23)24)17-19(21)22/h15-16,18H,2-14,17H2,1H3,(H2,21,22)(H,23,24)/b16-15+. The summed E-state index contributed by atoms with van der Waals surface area (Å²) in [5.74, 6) is -2.34. The maximum absolute atomic E-state index is 10.9. The van der Waals surface area contributed by atoms with Gasteiger partial charge in [0.1, 0.15) is 0 Å². The van der Waals surface area contributed by atoms with Crippen molar-refractivity contribution in [2.24, 2.45) is 11.7 Å². The Bertz CT molecular complexity index is 353. The van der Waals surface area contributed by atoms with Crippen molar-refractivity contribution in [2.45, 2.75) is 96.8 Å². The Balaban J connectivity index is 3.42. The first-order valence-corrected chi connectivity index (χ1v) is 9.75. The molecule has 0 radical (unpaired) electrons. The summed E-state index contributed by atoms with van der Waals surface area (Å²) in [6.45, 7) is 2.25. The molecule has 0 aromatic rings. The van der Waals surface area contributed by atoms with Gasteiger partial charge in [0.15, 0.2) is 0 Å². The summed E-state index contributed by atoms with van der Waals surface area (Å²) in [5.41, 5.74) is 5.05. The minimum absolute atomic E-state index is 0.121. The Morgan fingerprint density at radius 3 is 1.75 bits per heavy atom. The van der Waals surface area contributed by atoms with Crippen LogP contribution in [0.2, 0.25) is 0 Å². The molecule has 0 aromatic heterocycles. The van der Waals surface area contributed by atoms with E-state index in [1.807, 2.05) is 6.08 Å². The van der Waals surface area contributed by atoms with Crippen molar-refractivity contribution in [1.29, 1.82) is 0 Å². The number of primary amides is 1. The molecule has 1 unspecified atom stereocenters. The number of carbonyl (C=O) groups is 2. The third kappa shape index (κ3) is 15.6. The van der Waals surface area contributed by atoms with Crippen molar-refractivity contribution < 1.29 is 14.7 Å². The second-order valence-corrected chi connectivity index (χ2v) is 6.72. The van der Waals surface area contributed by atoms with E-state index in [4.69, 9.17) is 10.8 Å². The highest BCUT2D eigenvalue weighted by Crippen LogP contribution is 2.13. The molecule has 24 heavy (non-hydrogen) atoms. The highest BCUT2D eigenvalue weighted by Gasteiger charge is 2.15. The zero-order valence-electron chi connectivity index (χ0n) is 15.5. The van der Waals surface area contributed by atoms with Crippen molar-refractivity contribution in [3.8, 4) is 0 Å². The molecule has 0 bridgehead atoms. The predicted molar refractivity (Wildman–Crippen MR) is 99.8 cm³/mol. The minimum Gasteiger partial charge on any atom is -0.481 e. The molecule has 0 spiro atoms. The van der Waals surface area contributed by atoms with Crippen molar-refractivity contribution in [3.63, 3.8) is 0 Å². The van der Waals surface area contributed by atoms with Gasteiger partial charge in [0.2, 0.25) is 5.91 Å². The van der Waals surface area contributed by atoms with Gasteiger partial charge < -0.3 is 10.8 Å². The molecule has 140 valence electrons. The van der Waals surface area contributed by atoms with Crippen LogP contribution in [0.1, 0.15) is 96.8 Å². The van der Waals surface area contributed by atoms with Crippen molar-refractivity contribution in [3.05, 3.63) is 12.2 Å². The second kappa shape index (κ2) is 16.5. The quantitative estimate of drug-likeness (QED) is 0.282. The van der Waals surface area contributed by atoms with E-state index in [1.54, 1.807) is 6.08 Å². The number of rotatable bonds is 17. The average molecular weight is 340 g/mol. The summed E-state index contributed by atoms with van der Waals surface area (Å²) in [4.78, 5) is 21.7. The molecule has 4 heteroatoms. The summed E-state index contributed by atoms with van der Waals surface area (Å²) in [6.07, 6.45) is 20.0. The Hall–Kier alpha value is -1.32. The molecule has 0 saturated carbocycles. The lowest BCUT2D eigenvalue weighted by atomic mass is 10.0. The summed E-state index contributed by atoms with van der Waals surface area (Å²) in [5, 5.41) is 8.97. The van der Waals surface area contributed by atoms with E-state index >= 15 is 0 Å². The van der Waals surface area contributed by atoms with E-state index in [0.717, 1.165) is 12.8 Å². The van der Waals surface area contributed by atoms with Gasteiger partial charge in [-0.05, 0) is 12.8 Å². The smallest absolute Gasteiger partial charge is 0.310 e. The first kappa shape index (κ1) is 22.7. The lowest BCUT2D eigenvalue weighted by Crippen LogP contribution is -2.20. The van der Waals surface area contributed by atoms with Crippen LogP contribution < -0.4 is 5.73 Å². The zero-order valence-corrected chi connectivity index (χ0v) is 15.5. The van der Waals surface area contributed by atoms with E-state index in [2.05, 4.69) is 6.92 Å². The molecule has 0 fully saturated rings. The molecule has 4 nitrogen and oxygen atoms in total. The number of carboxylic acid groups (broad SMARTS) is 1. The number of hydrogen-bond donors (Lipinski definition) is 2. The molecule has 0 heterocycles. The van der Waals surface area contributed by atoms with E-state index in [0.29, 0.717) is 0 Å². The monoisotopic (exact) mass is 339 g/mol. The van der Waals surface area contributed by atoms with Crippen LogP contribution in [-0.2, 0) is 9.59 Å². The highest BCUT2D eigenvalue weighted by atomic mass is 16.4. The van der Waals surface area contributed by atoms with Crippen LogP contribution in [0.15, 0.2) is 12.2 Å². The lowest BCUT2D eigenvalue weighted by molar-refractivity contribution is -0.141. The number of carboxylic acids is 1. The Labute approximate surface area is 147 Å². The minimum atomic E-state index is -0.986. The van der Waals surface area contributed by atoms with Crippen LogP contribution in [0.25, 0.3) is 0 Å². The second-order valence-electron chi connectivity index (χ2n) is 6.72. The molecular formula is C20H37NO3. The van der Waals surface area contributed by atoms with Gasteiger partial charge in [0.05, 0.1) is 5.92 Å². The fourth-order valence-corrected chi connectivity index (χ4v) is 2.82. The lowest BCUT2D eigenvalue weighted by Gasteiger charge is -2.04. The third-order valence-corrected chi connectivity index (χ3v) is 4.33. The molecule has 0 aromatic carbocycles.